The van der Waals surface area contributed by atoms with Gasteiger partial charge in [0.25, 0.3) is 0 Å². The van der Waals surface area contributed by atoms with Crippen LogP contribution in [-0.2, 0) is 11.3 Å². The molecule has 4 nitrogen and oxygen atoms in total. The highest BCUT2D eigenvalue weighted by Crippen LogP contribution is 2.41. The van der Waals surface area contributed by atoms with E-state index in [4.69, 9.17) is 5.73 Å². The number of halogens is 2. The number of hydrogen-bond acceptors (Lipinski definition) is 3. The Balaban J connectivity index is 0.00000169. The molecular formula is C20H33Cl2N3O. The zero-order valence-corrected chi connectivity index (χ0v) is 17.2. The molecule has 1 aromatic rings. The predicted molar refractivity (Wildman–Crippen MR) is 112 cm³/mol. The molecule has 2 aliphatic carbocycles. The van der Waals surface area contributed by atoms with Crippen LogP contribution in [0.1, 0.15) is 37.7 Å². The summed E-state index contributed by atoms with van der Waals surface area (Å²) >= 11 is 0. The number of likely N-dealkylation sites (N-methyl/N-ethyl adjacent to an activating group) is 1. The molecule has 0 spiro atoms. The molecule has 0 heterocycles. The summed E-state index contributed by atoms with van der Waals surface area (Å²) in [4.78, 5) is 14.8. The predicted octanol–water partition coefficient (Wildman–Crippen LogP) is 3.23. The molecule has 2 aliphatic rings. The lowest BCUT2D eigenvalue weighted by Gasteiger charge is -2.43. The quantitative estimate of drug-likeness (QED) is 0.768. The first kappa shape index (κ1) is 23.2. The highest BCUT2D eigenvalue weighted by molar-refractivity contribution is 5.85. The molecule has 3 rings (SSSR count). The second kappa shape index (κ2) is 11.1. The van der Waals surface area contributed by atoms with E-state index in [-0.39, 0.29) is 36.6 Å². The zero-order valence-electron chi connectivity index (χ0n) is 15.6. The maximum absolute atomic E-state index is 12.5. The molecule has 0 saturated heterocycles. The lowest BCUT2D eigenvalue weighted by Crippen LogP contribution is -2.49. The number of carbonyl (C=O) groups is 1. The molecule has 0 aliphatic heterocycles. The Morgan fingerprint density at radius 1 is 1.15 bits per heavy atom. The highest BCUT2D eigenvalue weighted by Gasteiger charge is 2.40. The first-order valence-corrected chi connectivity index (χ1v) is 9.39. The minimum Gasteiger partial charge on any atom is -0.355 e. The van der Waals surface area contributed by atoms with Gasteiger partial charge in [-0.05, 0) is 50.1 Å². The van der Waals surface area contributed by atoms with Gasteiger partial charge in [-0.1, -0.05) is 36.8 Å². The van der Waals surface area contributed by atoms with Crippen molar-refractivity contribution in [2.24, 2.45) is 23.5 Å². The number of hydrogen-bond donors (Lipinski definition) is 2. The Morgan fingerprint density at radius 3 is 2.38 bits per heavy atom. The van der Waals surface area contributed by atoms with Gasteiger partial charge in [-0.2, -0.15) is 0 Å². The van der Waals surface area contributed by atoms with E-state index >= 15 is 0 Å². The van der Waals surface area contributed by atoms with Gasteiger partial charge in [0, 0.05) is 31.6 Å². The summed E-state index contributed by atoms with van der Waals surface area (Å²) in [6, 6.07) is 10.8. The molecule has 2 saturated carbocycles. The van der Waals surface area contributed by atoms with Crippen molar-refractivity contribution >= 4 is 30.7 Å². The Morgan fingerprint density at radius 2 is 1.77 bits per heavy atom. The van der Waals surface area contributed by atoms with Crippen LogP contribution in [0.5, 0.6) is 0 Å². The molecule has 6 heteroatoms. The van der Waals surface area contributed by atoms with Crippen molar-refractivity contribution in [1.29, 1.82) is 0 Å². The second-order valence-corrected chi connectivity index (χ2v) is 7.71. The Hall–Kier alpha value is -0.810. The van der Waals surface area contributed by atoms with Crippen molar-refractivity contribution in [2.75, 3.05) is 20.1 Å². The summed E-state index contributed by atoms with van der Waals surface area (Å²) in [5.74, 6) is 1.55. The number of nitrogens with two attached hydrogens (primary N) is 1. The van der Waals surface area contributed by atoms with Crippen LogP contribution in [0.25, 0.3) is 0 Å². The summed E-state index contributed by atoms with van der Waals surface area (Å²) in [6.07, 6.45) is 5.69. The van der Waals surface area contributed by atoms with Gasteiger partial charge in [0.15, 0.2) is 0 Å². The van der Waals surface area contributed by atoms with Gasteiger partial charge in [-0.25, -0.2) is 0 Å². The van der Waals surface area contributed by atoms with Crippen LogP contribution < -0.4 is 11.1 Å². The van der Waals surface area contributed by atoms with E-state index < -0.39 is 0 Å². The Labute approximate surface area is 170 Å². The number of benzene rings is 1. The lowest BCUT2D eigenvalue weighted by molar-refractivity contribution is -0.127. The first-order valence-electron chi connectivity index (χ1n) is 9.39. The van der Waals surface area contributed by atoms with Crippen LogP contribution in [0.15, 0.2) is 30.3 Å². The van der Waals surface area contributed by atoms with Crippen LogP contribution in [-0.4, -0.2) is 37.0 Å². The zero-order chi connectivity index (χ0) is 16.9. The van der Waals surface area contributed by atoms with Crippen molar-refractivity contribution in [1.82, 2.24) is 10.2 Å². The molecule has 1 aromatic carbocycles. The van der Waals surface area contributed by atoms with E-state index in [1.54, 1.807) is 0 Å². The molecule has 148 valence electrons. The van der Waals surface area contributed by atoms with Crippen molar-refractivity contribution in [3.63, 3.8) is 0 Å². The van der Waals surface area contributed by atoms with Gasteiger partial charge >= 0.3 is 0 Å². The van der Waals surface area contributed by atoms with Gasteiger partial charge in [-0.3, -0.25) is 4.79 Å². The second-order valence-electron chi connectivity index (χ2n) is 7.71. The Bertz CT molecular complexity index is 529. The summed E-state index contributed by atoms with van der Waals surface area (Å²) in [6.45, 7) is 2.51. The number of nitrogens with zero attached hydrogens (tertiary/aromatic N) is 1. The molecule has 26 heavy (non-hydrogen) atoms. The minimum absolute atomic E-state index is 0. The van der Waals surface area contributed by atoms with Gasteiger partial charge in [-0.15, -0.1) is 24.8 Å². The van der Waals surface area contributed by atoms with E-state index in [2.05, 4.69) is 41.5 Å². The fourth-order valence-corrected chi connectivity index (χ4v) is 4.49. The molecule has 2 fully saturated rings. The molecule has 1 amide bonds. The normalized spacial score (nSPS) is 27.2. The third-order valence-electron chi connectivity index (χ3n) is 5.87. The molecular weight excluding hydrogens is 369 g/mol. The number of carbonyl (C=O) groups excluding carboxylic acids is 1. The average molecular weight is 402 g/mol. The smallest absolute Gasteiger partial charge is 0.223 e. The fraction of sp³-hybridized carbons (Fsp3) is 0.650. The van der Waals surface area contributed by atoms with E-state index in [1.165, 1.54) is 24.8 Å². The summed E-state index contributed by atoms with van der Waals surface area (Å²) in [5.41, 5.74) is 7.63. The standard InChI is InChI=1S/C20H31N3O.2ClH/c1-23(14-15-6-3-2-4-7-15)11-10-22-20(24)18-12-16-8-5-9-17(13-18)19(16)21;;/h2-4,6-7,16-19H,5,8-14,21H2,1H3,(H,22,24);2*1H. The average Bonchev–Trinajstić information content (AvgIpc) is 2.55. The minimum atomic E-state index is 0. The van der Waals surface area contributed by atoms with Crippen LogP contribution in [0, 0.1) is 17.8 Å². The molecule has 2 unspecified atom stereocenters. The van der Waals surface area contributed by atoms with Gasteiger partial charge < -0.3 is 16.0 Å². The molecule has 3 N–H and O–H groups in total. The summed E-state index contributed by atoms with van der Waals surface area (Å²) < 4.78 is 0. The van der Waals surface area contributed by atoms with Gasteiger partial charge in [0.2, 0.25) is 5.91 Å². The van der Waals surface area contributed by atoms with Crippen LogP contribution >= 0.6 is 24.8 Å². The van der Waals surface area contributed by atoms with Crippen LogP contribution in [0.4, 0.5) is 0 Å². The van der Waals surface area contributed by atoms with Gasteiger partial charge in [0.05, 0.1) is 0 Å². The third-order valence-corrected chi connectivity index (χ3v) is 5.87. The van der Waals surface area contributed by atoms with Crippen molar-refractivity contribution < 1.29 is 4.79 Å². The number of amides is 1. The van der Waals surface area contributed by atoms with E-state index in [1.807, 2.05) is 6.07 Å². The molecule has 2 atom stereocenters. The topological polar surface area (TPSA) is 58.4 Å². The van der Waals surface area contributed by atoms with Crippen LogP contribution in [0.3, 0.4) is 0 Å². The van der Waals surface area contributed by atoms with Gasteiger partial charge in [0.1, 0.15) is 0 Å². The first-order chi connectivity index (χ1) is 11.6. The fourth-order valence-electron chi connectivity index (χ4n) is 4.49. The Kier molecular flexibility index (Phi) is 9.94. The maximum atomic E-state index is 12.5. The van der Waals surface area contributed by atoms with Crippen molar-refractivity contribution in [2.45, 2.75) is 44.7 Å². The van der Waals surface area contributed by atoms with Crippen molar-refractivity contribution in [3.05, 3.63) is 35.9 Å². The summed E-state index contributed by atoms with van der Waals surface area (Å²) in [5, 5.41) is 3.15. The molecule has 0 radical (unpaired) electrons. The van der Waals surface area contributed by atoms with E-state index in [0.29, 0.717) is 17.9 Å². The monoisotopic (exact) mass is 401 g/mol. The number of nitrogens with one attached hydrogen (secondary N) is 1. The highest BCUT2D eigenvalue weighted by atomic mass is 35.5. The summed E-state index contributed by atoms with van der Waals surface area (Å²) in [7, 11) is 2.10. The van der Waals surface area contributed by atoms with E-state index in [9.17, 15) is 4.79 Å². The lowest BCUT2D eigenvalue weighted by atomic mass is 9.65. The number of rotatable bonds is 6. The largest absolute Gasteiger partial charge is 0.355 e. The maximum Gasteiger partial charge on any atom is 0.223 e. The van der Waals surface area contributed by atoms with Crippen LogP contribution in [0.2, 0.25) is 0 Å². The number of fused-ring (bicyclic) bond motifs is 2. The SMILES string of the molecule is CN(CCNC(=O)C1CC2CCCC(C1)C2N)Cc1ccccc1.Cl.Cl. The van der Waals surface area contributed by atoms with Crippen molar-refractivity contribution in [3.8, 4) is 0 Å². The molecule has 0 aromatic heterocycles. The molecule has 2 bridgehead atoms. The third kappa shape index (κ3) is 6.12. The van der Waals surface area contributed by atoms with E-state index in [0.717, 1.165) is 32.5 Å².